The summed E-state index contributed by atoms with van der Waals surface area (Å²) in [5.41, 5.74) is 2.11. The molecule has 0 fully saturated rings. The van der Waals surface area contributed by atoms with Gasteiger partial charge in [-0.3, -0.25) is 9.59 Å². The Hall–Kier alpha value is -3.34. The largest absolute Gasteiger partial charge is 0.508 e. The lowest BCUT2D eigenvalue weighted by molar-refractivity contribution is -0.137. The highest BCUT2D eigenvalue weighted by Gasteiger charge is 2.20. The number of carboxylic acids is 1. The van der Waals surface area contributed by atoms with E-state index in [1.165, 1.54) is 12.1 Å². The number of phenols is 1. The van der Waals surface area contributed by atoms with Crippen LogP contribution in [0.25, 0.3) is 10.8 Å². The molecule has 2 atom stereocenters. The minimum absolute atomic E-state index is 0.00199. The Morgan fingerprint density at radius 2 is 1.69 bits per heavy atom. The molecule has 0 aromatic heterocycles. The SMILES string of the molecule is CC(CCC(=O)O)c1ccc(O)cc1C(=O)N[C@H](C)c1cccc2ccccc12. The van der Waals surface area contributed by atoms with Crippen molar-refractivity contribution in [1.82, 2.24) is 5.32 Å². The fourth-order valence-corrected chi connectivity index (χ4v) is 3.65. The molecule has 3 rings (SSSR count). The second kappa shape index (κ2) is 8.78. The van der Waals surface area contributed by atoms with Crippen LogP contribution in [-0.2, 0) is 4.79 Å². The van der Waals surface area contributed by atoms with Gasteiger partial charge in [0.1, 0.15) is 5.75 Å². The summed E-state index contributed by atoms with van der Waals surface area (Å²) in [6.07, 6.45) is 0.439. The number of nitrogens with one attached hydrogen (secondary N) is 1. The summed E-state index contributed by atoms with van der Waals surface area (Å²) in [5.74, 6) is -1.29. The van der Waals surface area contributed by atoms with E-state index in [9.17, 15) is 14.7 Å². The summed E-state index contributed by atoms with van der Waals surface area (Å²) in [4.78, 5) is 23.9. The molecule has 0 radical (unpaired) electrons. The molecule has 0 saturated carbocycles. The number of hydrogen-bond donors (Lipinski definition) is 3. The van der Waals surface area contributed by atoms with E-state index in [2.05, 4.69) is 5.32 Å². The zero-order chi connectivity index (χ0) is 21.0. The fourth-order valence-electron chi connectivity index (χ4n) is 3.65. The Balaban J connectivity index is 1.86. The molecule has 3 N–H and O–H groups in total. The predicted octanol–water partition coefficient (Wildman–Crippen LogP) is 5.00. The van der Waals surface area contributed by atoms with Gasteiger partial charge in [0.05, 0.1) is 6.04 Å². The maximum atomic E-state index is 13.0. The monoisotopic (exact) mass is 391 g/mol. The number of carbonyl (C=O) groups is 2. The summed E-state index contributed by atoms with van der Waals surface area (Å²) in [6, 6.07) is 18.4. The van der Waals surface area contributed by atoms with Crippen LogP contribution in [0.2, 0.25) is 0 Å². The van der Waals surface area contributed by atoms with Crippen molar-refractivity contribution < 1.29 is 19.8 Å². The molecule has 1 amide bonds. The lowest BCUT2D eigenvalue weighted by Gasteiger charge is -2.20. The topological polar surface area (TPSA) is 86.6 Å². The third-order valence-electron chi connectivity index (χ3n) is 5.24. The molecule has 0 aliphatic heterocycles. The predicted molar refractivity (Wildman–Crippen MR) is 113 cm³/mol. The van der Waals surface area contributed by atoms with Gasteiger partial charge in [-0.05, 0) is 53.3 Å². The van der Waals surface area contributed by atoms with Crippen molar-refractivity contribution in [1.29, 1.82) is 0 Å². The summed E-state index contributed by atoms with van der Waals surface area (Å²) >= 11 is 0. The van der Waals surface area contributed by atoms with Crippen LogP contribution in [0.15, 0.2) is 60.7 Å². The van der Waals surface area contributed by atoms with E-state index in [1.54, 1.807) is 6.07 Å². The normalized spacial score (nSPS) is 13.0. The van der Waals surface area contributed by atoms with E-state index in [0.29, 0.717) is 12.0 Å². The van der Waals surface area contributed by atoms with Gasteiger partial charge in [-0.2, -0.15) is 0 Å². The van der Waals surface area contributed by atoms with Crippen molar-refractivity contribution in [3.63, 3.8) is 0 Å². The van der Waals surface area contributed by atoms with E-state index < -0.39 is 5.97 Å². The highest BCUT2D eigenvalue weighted by Crippen LogP contribution is 2.29. The molecule has 0 aliphatic rings. The third-order valence-corrected chi connectivity index (χ3v) is 5.24. The minimum atomic E-state index is -0.869. The molecular formula is C24H25NO4. The maximum Gasteiger partial charge on any atom is 0.303 e. The van der Waals surface area contributed by atoms with Gasteiger partial charge >= 0.3 is 5.97 Å². The first-order valence-corrected chi connectivity index (χ1v) is 9.70. The Kier molecular flexibility index (Phi) is 6.17. The van der Waals surface area contributed by atoms with E-state index in [-0.39, 0.29) is 30.0 Å². The quantitative estimate of drug-likeness (QED) is 0.529. The molecule has 0 aliphatic carbocycles. The molecule has 0 bridgehead atoms. The molecule has 1 unspecified atom stereocenters. The number of hydrogen-bond acceptors (Lipinski definition) is 3. The molecule has 0 spiro atoms. The fraction of sp³-hybridized carbons (Fsp3) is 0.250. The average Bonchev–Trinajstić information content (AvgIpc) is 2.71. The molecule has 5 nitrogen and oxygen atoms in total. The van der Waals surface area contributed by atoms with Crippen molar-refractivity contribution in [2.45, 2.75) is 38.6 Å². The number of benzene rings is 3. The highest BCUT2D eigenvalue weighted by molar-refractivity contribution is 5.97. The van der Waals surface area contributed by atoms with Crippen molar-refractivity contribution in [2.24, 2.45) is 0 Å². The van der Waals surface area contributed by atoms with Crippen LogP contribution in [0.4, 0.5) is 0 Å². The molecule has 3 aromatic rings. The van der Waals surface area contributed by atoms with Gasteiger partial charge < -0.3 is 15.5 Å². The Labute approximate surface area is 170 Å². The summed E-state index contributed by atoms with van der Waals surface area (Å²) in [6.45, 7) is 3.82. The maximum absolute atomic E-state index is 13.0. The number of aliphatic carboxylic acids is 1. The Morgan fingerprint density at radius 1 is 0.966 bits per heavy atom. The van der Waals surface area contributed by atoms with Gasteiger partial charge in [0.15, 0.2) is 0 Å². The van der Waals surface area contributed by atoms with Crippen LogP contribution in [0.1, 0.15) is 60.1 Å². The lowest BCUT2D eigenvalue weighted by atomic mass is 9.91. The first kappa shape index (κ1) is 20.4. The van der Waals surface area contributed by atoms with Gasteiger partial charge in [-0.15, -0.1) is 0 Å². The number of rotatable bonds is 7. The zero-order valence-corrected chi connectivity index (χ0v) is 16.6. The first-order chi connectivity index (χ1) is 13.9. The molecule has 5 heteroatoms. The molecule has 0 heterocycles. The summed E-state index contributed by atoms with van der Waals surface area (Å²) in [5, 5.41) is 24.1. The number of phenolic OH excluding ortho intramolecular Hbond substituents is 1. The molecule has 0 saturated heterocycles. The van der Waals surface area contributed by atoms with Gasteiger partial charge in [-0.25, -0.2) is 0 Å². The van der Waals surface area contributed by atoms with Crippen LogP contribution in [-0.4, -0.2) is 22.1 Å². The van der Waals surface area contributed by atoms with E-state index in [1.807, 2.05) is 56.3 Å². The lowest BCUT2D eigenvalue weighted by Crippen LogP contribution is -2.28. The Bertz CT molecular complexity index is 1040. The first-order valence-electron chi connectivity index (χ1n) is 9.70. The van der Waals surface area contributed by atoms with E-state index in [0.717, 1.165) is 21.9 Å². The van der Waals surface area contributed by atoms with Crippen molar-refractivity contribution in [3.05, 3.63) is 77.4 Å². The van der Waals surface area contributed by atoms with Crippen LogP contribution < -0.4 is 5.32 Å². The van der Waals surface area contributed by atoms with Crippen molar-refractivity contribution in [3.8, 4) is 5.75 Å². The second-order valence-electron chi connectivity index (χ2n) is 7.37. The molecule has 29 heavy (non-hydrogen) atoms. The van der Waals surface area contributed by atoms with Crippen molar-refractivity contribution >= 4 is 22.6 Å². The van der Waals surface area contributed by atoms with Crippen LogP contribution in [0.3, 0.4) is 0 Å². The molecule has 150 valence electrons. The van der Waals surface area contributed by atoms with Gasteiger partial charge in [0.25, 0.3) is 5.91 Å². The van der Waals surface area contributed by atoms with Gasteiger partial charge in [0, 0.05) is 12.0 Å². The van der Waals surface area contributed by atoms with Gasteiger partial charge in [0.2, 0.25) is 0 Å². The smallest absolute Gasteiger partial charge is 0.303 e. The minimum Gasteiger partial charge on any atom is -0.508 e. The van der Waals surface area contributed by atoms with Crippen LogP contribution >= 0.6 is 0 Å². The number of carbonyl (C=O) groups excluding carboxylic acids is 1. The number of amides is 1. The summed E-state index contributed by atoms with van der Waals surface area (Å²) < 4.78 is 0. The van der Waals surface area contributed by atoms with Crippen molar-refractivity contribution in [2.75, 3.05) is 0 Å². The Morgan fingerprint density at radius 3 is 2.45 bits per heavy atom. The van der Waals surface area contributed by atoms with Crippen LogP contribution in [0.5, 0.6) is 5.75 Å². The zero-order valence-electron chi connectivity index (χ0n) is 16.6. The van der Waals surface area contributed by atoms with Crippen LogP contribution in [0, 0.1) is 0 Å². The van der Waals surface area contributed by atoms with E-state index >= 15 is 0 Å². The average molecular weight is 391 g/mol. The molecule has 3 aromatic carbocycles. The second-order valence-corrected chi connectivity index (χ2v) is 7.37. The number of carboxylic acid groups (broad SMARTS) is 1. The van der Waals surface area contributed by atoms with Gasteiger partial charge in [-0.1, -0.05) is 55.5 Å². The summed E-state index contributed by atoms with van der Waals surface area (Å²) in [7, 11) is 0. The third kappa shape index (κ3) is 4.74. The van der Waals surface area contributed by atoms with E-state index in [4.69, 9.17) is 5.11 Å². The molecular weight excluding hydrogens is 366 g/mol. The highest BCUT2D eigenvalue weighted by atomic mass is 16.4. The number of aromatic hydroxyl groups is 1. The number of fused-ring (bicyclic) bond motifs is 1. The standard InChI is InChI=1S/C24H25NO4/c1-15(10-13-23(27)28)19-12-11-18(26)14-22(19)24(29)25-16(2)20-9-5-7-17-6-3-4-8-21(17)20/h3-9,11-12,14-16,26H,10,13H2,1-2H3,(H,25,29)(H,27,28)/t15?,16-/m1/s1.